The molecule has 0 bridgehead atoms. The molecule has 1 atom stereocenters. The van der Waals surface area contributed by atoms with E-state index in [9.17, 15) is 9.59 Å². The van der Waals surface area contributed by atoms with Gasteiger partial charge in [-0.3, -0.25) is 9.59 Å². The highest BCUT2D eigenvalue weighted by Crippen LogP contribution is 1.97. The summed E-state index contributed by atoms with van der Waals surface area (Å²) in [5, 5.41) is 8.50. The first-order valence-electron chi connectivity index (χ1n) is 3.43. The first-order chi connectivity index (χ1) is 5.49. The van der Waals surface area contributed by atoms with Gasteiger partial charge in [0.05, 0.1) is 5.92 Å². The molecule has 4 nitrogen and oxygen atoms in total. The summed E-state index contributed by atoms with van der Waals surface area (Å²) in [6.45, 7) is 1.65. The van der Waals surface area contributed by atoms with Crippen molar-refractivity contribution in [3.63, 3.8) is 0 Å². The Balaban J connectivity index is 4.02. The van der Waals surface area contributed by atoms with E-state index in [4.69, 9.17) is 11.5 Å². The fourth-order valence-electron chi connectivity index (χ4n) is 0.682. The van der Waals surface area contributed by atoms with Gasteiger partial charge in [0.15, 0.2) is 0 Å². The van der Waals surface area contributed by atoms with Crippen LogP contribution in [-0.2, 0) is 9.59 Å². The van der Waals surface area contributed by atoms with Gasteiger partial charge in [-0.05, 0) is 5.92 Å². The van der Waals surface area contributed by atoms with Crippen LogP contribution in [0.3, 0.4) is 0 Å². The minimum absolute atomic E-state index is 0.137. The van der Waals surface area contributed by atoms with Crippen molar-refractivity contribution in [2.45, 2.75) is 6.92 Å². The molecule has 66 valence electrons. The van der Waals surface area contributed by atoms with Gasteiger partial charge in [-0.1, -0.05) is 6.92 Å². The van der Waals surface area contributed by atoms with Gasteiger partial charge in [-0.2, -0.15) is 0 Å². The first-order valence-corrected chi connectivity index (χ1v) is 3.43. The van der Waals surface area contributed by atoms with E-state index in [0.717, 1.165) is 0 Å². The second-order valence-electron chi connectivity index (χ2n) is 2.57. The third-order valence-corrected chi connectivity index (χ3v) is 1.44. The molecule has 0 aromatic rings. The van der Waals surface area contributed by atoms with Crippen LogP contribution in [0.4, 0.5) is 0 Å². The number of carboxylic acid groups (broad SMARTS) is 1. The third-order valence-electron chi connectivity index (χ3n) is 1.44. The summed E-state index contributed by atoms with van der Waals surface area (Å²) in [6.07, 6.45) is 4.84. The number of amides is 1. The topological polar surface area (TPSA) is 57.6 Å². The van der Waals surface area contributed by atoms with E-state index in [1.807, 2.05) is 5.92 Å². The standard InChI is InChI=1S/C8H11NO3/c1-4-7(10)9(3)5-6(2)8(11)12/h1,6H,5H2,2-3H3,(H,11,12). The van der Waals surface area contributed by atoms with Gasteiger partial charge in [-0.15, -0.1) is 6.42 Å². The van der Waals surface area contributed by atoms with Crippen molar-refractivity contribution in [2.24, 2.45) is 5.92 Å². The SMILES string of the molecule is C#CC(=O)N(C)CC(C)C(=O)O. The molecule has 0 radical (unpaired) electrons. The van der Waals surface area contributed by atoms with Crippen molar-refractivity contribution < 1.29 is 14.7 Å². The van der Waals surface area contributed by atoms with E-state index in [1.165, 1.54) is 18.9 Å². The van der Waals surface area contributed by atoms with E-state index in [0.29, 0.717) is 0 Å². The zero-order valence-electron chi connectivity index (χ0n) is 7.07. The number of terminal acetylenes is 1. The normalized spacial score (nSPS) is 11.4. The Hall–Kier alpha value is -1.50. The second-order valence-corrected chi connectivity index (χ2v) is 2.57. The fraction of sp³-hybridized carbons (Fsp3) is 0.500. The molecule has 12 heavy (non-hydrogen) atoms. The fourth-order valence-corrected chi connectivity index (χ4v) is 0.682. The molecule has 0 aliphatic rings. The van der Waals surface area contributed by atoms with Crippen LogP contribution in [-0.4, -0.2) is 35.5 Å². The smallest absolute Gasteiger partial charge is 0.308 e. The molecular weight excluding hydrogens is 158 g/mol. The van der Waals surface area contributed by atoms with Gasteiger partial charge in [0, 0.05) is 13.6 Å². The lowest BCUT2D eigenvalue weighted by molar-refractivity contribution is -0.142. The van der Waals surface area contributed by atoms with Gasteiger partial charge < -0.3 is 10.0 Å². The Kier molecular flexibility index (Phi) is 3.84. The number of carbonyl (C=O) groups excluding carboxylic acids is 1. The number of aliphatic carboxylic acids is 1. The molecular formula is C8H11NO3. The van der Waals surface area contributed by atoms with Crippen molar-refractivity contribution in [2.75, 3.05) is 13.6 Å². The maximum atomic E-state index is 10.8. The number of hydrogen-bond acceptors (Lipinski definition) is 2. The van der Waals surface area contributed by atoms with E-state index in [1.54, 1.807) is 0 Å². The van der Waals surface area contributed by atoms with Crippen LogP contribution >= 0.6 is 0 Å². The molecule has 0 rings (SSSR count). The van der Waals surface area contributed by atoms with Crippen molar-refractivity contribution >= 4 is 11.9 Å². The van der Waals surface area contributed by atoms with Gasteiger partial charge >= 0.3 is 5.97 Å². The molecule has 0 fully saturated rings. The summed E-state index contributed by atoms with van der Waals surface area (Å²) in [4.78, 5) is 22.3. The Labute approximate surface area is 71.2 Å². The van der Waals surface area contributed by atoms with Crippen molar-refractivity contribution in [1.82, 2.24) is 4.90 Å². The summed E-state index contributed by atoms with van der Waals surface area (Å²) < 4.78 is 0. The van der Waals surface area contributed by atoms with Crippen molar-refractivity contribution in [3.05, 3.63) is 0 Å². The zero-order valence-corrected chi connectivity index (χ0v) is 7.07. The third kappa shape index (κ3) is 3.06. The molecule has 0 aromatic heterocycles. The molecule has 0 saturated heterocycles. The lowest BCUT2D eigenvalue weighted by Crippen LogP contribution is -2.32. The minimum Gasteiger partial charge on any atom is -0.481 e. The van der Waals surface area contributed by atoms with E-state index in [-0.39, 0.29) is 6.54 Å². The Morgan fingerprint density at radius 3 is 2.50 bits per heavy atom. The molecule has 0 aliphatic carbocycles. The quantitative estimate of drug-likeness (QED) is 0.595. The highest BCUT2D eigenvalue weighted by atomic mass is 16.4. The van der Waals surface area contributed by atoms with Crippen LogP contribution in [0.5, 0.6) is 0 Å². The minimum atomic E-state index is -0.938. The predicted octanol–water partition coefficient (Wildman–Crippen LogP) is -0.201. The molecule has 0 saturated carbocycles. The summed E-state index contributed by atoms with van der Waals surface area (Å²) in [6, 6.07) is 0. The number of carbonyl (C=O) groups is 2. The van der Waals surface area contributed by atoms with Crippen LogP contribution in [0.2, 0.25) is 0 Å². The highest BCUT2D eigenvalue weighted by molar-refractivity contribution is 5.92. The van der Waals surface area contributed by atoms with Crippen molar-refractivity contribution in [3.8, 4) is 12.3 Å². The van der Waals surface area contributed by atoms with Gasteiger partial charge in [0.2, 0.25) is 0 Å². The van der Waals surface area contributed by atoms with E-state index in [2.05, 4.69) is 0 Å². The van der Waals surface area contributed by atoms with Crippen LogP contribution in [0.15, 0.2) is 0 Å². The monoisotopic (exact) mass is 169 g/mol. The Morgan fingerprint density at radius 1 is 1.67 bits per heavy atom. The molecule has 1 N–H and O–H groups in total. The average molecular weight is 169 g/mol. The second kappa shape index (κ2) is 4.39. The van der Waals surface area contributed by atoms with Crippen molar-refractivity contribution in [1.29, 1.82) is 0 Å². The lowest BCUT2D eigenvalue weighted by atomic mass is 10.2. The molecule has 4 heteroatoms. The predicted molar refractivity (Wildman–Crippen MR) is 43.3 cm³/mol. The largest absolute Gasteiger partial charge is 0.481 e. The first kappa shape index (κ1) is 10.5. The lowest BCUT2D eigenvalue weighted by Gasteiger charge is -2.15. The molecule has 0 spiro atoms. The highest BCUT2D eigenvalue weighted by Gasteiger charge is 2.15. The molecule has 1 amide bonds. The average Bonchev–Trinajstić information content (AvgIpc) is 2.02. The van der Waals surface area contributed by atoms with Crippen LogP contribution in [0, 0.1) is 18.3 Å². The zero-order chi connectivity index (χ0) is 9.72. The molecule has 0 heterocycles. The summed E-state index contributed by atoms with van der Waals surface area (Å²) in [5.74, 6) is -0.123. The number of hydrogen-bond donors (Lipinski definition) is 1. The summed E-state index contributed by atoms with van der Waals surface area (Å²) in [5.41, 5.74) is 0. The van der Waals surface area contributed by atoms with Gasteiger partial charge in [-0.25, -0.2) is 0 Å². The maximum Gasteiger partial charge on any atom is 0.308 e. The van der Waals surface area contributed by atoms with E-state index >= 15 is 0 Å². The van der Waals surface area contributed by atoms with Crippen LogP contribution < -0.4 is 0 Å². The van der Waals surface area contributed by atoms with Crippen LogP contribution in [0.1, 0.15) is 6.92 Å². The van der Waals surface area contributed by atoms with Crippen LogP contribution in [0.25, 0.3) is 0 Å². The van der Waals surface area contributed by atoms with Gasteiger partial charge in [0.25, 0.3) is 5.91 Å². The maximum absolute atomic E-state index is 10.8. The number of rotatable bonds is 3. The molecule has 1 unspecified atom stereocenters. The van der Waals surface area contributed by atoms with E-state index < -0.39 is 17.8 Å². The molecule has 0 aliphatic heterocycles. The summed E-state index contributed by atoms with van der Waals surface area (Å²) in [7, 11) is 1.47. The molecule has 0 aromatic carbocycles. The number of carboxylic acids is 1. The summed E-state index contributed by atoms with van der Waals surface area (Å²) >= 11 is 0. The number of nitrogens with zero attached hydrogens (tertiary/aromatic N) is 1. The Morgan fingerprint density at radius 2 is 2.17 bits per heavy atom. The Bertz CT molecular complexity index is 229. The van der Waals surface area contributed by atoms with Gasteiger partial charge in [0.1, 0.15) is 0 Å².